The number of hydrogen-bond acceptors (Lipinski definition) is 6. The molecule has 2 aromatic rings. The number of carbonyl (C=O) groups is 1. The summed E-state index contributed by atoms with van der Waals surface area (Å²) in [6, 6.07) is 5.13. The van der Waals surface area contributed by atoms with E-state index in [1.807, 2.05) is 0 Å². The summed E-state index contributed by atoms with van der Waals surface area (Å²) in [4.78, 5) is 21.1. The molecule has 0 atom stereocenters. The van der Waals surface area contributed by atoms with Crippen LogP contribution >= 0.6 is 11.6 Å². The van der Waals surface area contributed by atoms with Crippen molar-refractivity contribution in [3.63, 3.8) is 0 Å². The number of nitrogens with zero attached hydrogens (tertiary/aromatic N) is 2. The molecule has 1 aliphatic rings. The topological polar surface area (TPSA) is 85.4 Å². The Labute approximate surface area is 157 Å². The van der Waals surface area contributed by atoms with Crippen molar-refractivity contribution < 1.29 is 14.3 Å². The lowest BCUT2D eigenvalue weighted by atomic mass is 10.2. The third-order valence-corrected chi connectivity index (χ3v) is 4.59. The number of methoxy groups -OCH3 is 2. The molecule has 0 spiro atoms. The molecule has 0 unspecified atom stereocenters. The highest BCUT2D eigenvalue weighted by Crippen LogP contribution is 2.36. The van der Waals surface area contributed by atoms with Gasteiger partial charge in [0.15, 0.2) is 0 Å². The summed E-state index contributed by atoms with van der Waals surface area (Å²) in [5, 5.41) is 6.46. The molecule has 1 amide bonds. The molecule has 1 aromatic heterocycles. The number of hydrogen-bond donors (Lipinski definition) is 2. The Morgan fingerprint density at radius 3 is 2.62 bits per heavy atom. The van der Waals surface area contributed by atoms with Crippen LogP contribution in [-0.4, -0.2) is 36.1 Å². The molecule has 0 saturated heterocycles. The fraction of sp³-hybridized carbons (Fsp3) is 0.389. The maximum absolute atomic E-state index is 12.6. The quantitative estimate of drug-likeness (QED) is 0.798. The van der Waals surface area contributed by atoms with Crippen molar-refractivity contribution in [2.45, 2.75) is 31.7 Å². The van der Waals surface area contributed by atoms with Crippen LogP contribution in [-0.2, 0) is 0 Å². The van der Waals surface area contributed by atoms with Crippen LogP contribution in [0.4, 0.5) is 11.6 Å². The average Bonchev–Trinajstić information content (AvgIpc) is 3.16. The molecule has 138 valence electrons. The molecule has 26 heavy (non-hydrogen) atoms. The number of halogens is 1. The molecule has 1 aliphatic carbocycles. The Kier molecular flexibility index (Phi) is 5.78. The smallest absolute Gasteiger partial charge is 0.274 e. The number of carbonyl (C=O) groups excluding carboxylic acids is 1. The lowest BCUT2D eigenvalue weighted by Gasteiger charge is -2.14. The van der Waals surface area contributed by atoms with E-state index in [1.165, 1.54) is 27.1 Å². The standard InChI is InChI=1S/C18H21ClN4O3/c1-25-15-10-14(16(26-2)9-12(15)19)22-17(24)13-7-8-20-18(23-13)21-11-5-3-4-6-11/h7-11H,3-6H2,1-2H3,(H,22,24)(H,20,21,23). The van der Waals surface area contributed by atoms with Gasteiger partial charge in [-0.25, -0.2) is 9.97 Å². The van der Waals surface area contributed by atoms with E-state index < -0.39 is 0 Å². The first-order chi connectivity index (χ1) is 12.6. The van der Waals surface area contributed by atoms with Gasteiger partial charge in [-0.05, 0) is 18.9 Å². The largest absolute Gasteiger partial charge is 0.495 e. The van der Waals surface area contributed by atoms with Crippen molar-refractivity contribution in [2.75, 3.05) is 24.9 Å². The van der Waals surface area contributed by atoms with Gasteiger partial charge in [0.05, 0.1) is 24.9 Å². The summed E-state index contributed by atoms with van der Waals surface area (Å²) in [5.74, 6) is 0.964. The second-order valence-corrected chi connectivity index (χ2v) is 6.44. The normalized spacial score (nSPS) is 14.1. The summed E-state index contributed by atoms with van der Waals surface area (Å²) in [6.07, 6.45) is 6.17. The summed E-state index contributed by atoms with van der Waals surface area (Å²) in [5.41, 5.74) is 0.708. The molecular weight excluding hydrogens is 356 g/mol. The molecule has 8 heteroatoms. The molecule has 0 aliphatic heterocycles. The van der Waals surface area contributed by atoms with Crippen LogP contribution in [0, 0.1) is 0 Å². The minimum Gasteiger partial charge on any atom is -0.495 e. The molecule has 0 radical (unpaired) electrons. The highest BCUT2D eigenvalue weighted by molar-refractivity contribution is 6.32. The van der Waals surface area contributed by atoms with E-state index in [2.05, 4.69) is 20.6 Å². The monoisotopic (exact) mass is 376 g/mol. The van der Waals surface area contributed by atoms with E-state index >= 15 is 0 Å². The highest BCUT2D eigenvalue weighted by Gasteiger charge is 2.18. The number of ether oxygens (including phenoxy) is 2. The van der Waals surface area contributed by atoms with Crippen LogP contribution in [0.3, 0.4) is 0 Å². The van der Waals surface area contributed by atoms with E-state index in [0.29, 0.717) is 34.2 Å². The first-order valence-electron chi connectivity index (χ1n) is 8.43. The number of amides is 1. The van der Waals surface area contributed by atoms with Crippen LogP contribution in [0.1, 0.15) is 36.2 Å². The van der Waals surface area contributed by atoms with E-state index in [4.69, 9.17) is 21.1 Å². The Morgan fingerprint density at radius 1 is 1.19 bits per heavy atom. The Morgan fingerprint density at radius 2 is 1.92 bits per heavy atom. The number of nitrogens with one attached hydrogen (secondary N) is 2. The predicted molar refractivity (Wildman–Crippen MR) is 100 cm³/mol. The van der Waals surface area contributed by atoms with Crippen molar-refractivity contribution in [2.24, 2.45) is 0 Å². The Hall–Kier alpha value is -2.54. The van der Waals surface area contributed by atoms with E-state index in [-0.39, 0.29) is 11.6 Å². The van der Waals surface area contributed by atoms with Gasteiger partial charge in [0.1, 0.15) is 17.2 Å². The molecule has 1 fully saturated rings. The molecule has 3 rings (SSSR count). The first kappa shape index (κ1) is 18.3. The Bertz CT molecular complexity index is 794. The SMILES string of the molecule is COc1cc(NC(=O)c2ccnc(NC3CCCC3)n2)c(OC)cc1Cl. The van der Waals surface area contributed by atoms with Gasteiger partial charge < -0.3 is 20.1 Å². The number of aromatic nitrogens is 2. The van der Waals surface area contributed by atoms with E-state index in [9.17, 15) is 4.79 Å². The molecule has 1 saturated carbocycles. The zero-order chi connectivity index (χ0) is 18.5. The maximum atomic E-state index is 12.6. The van der Waals surface area contributed by atoms with Gasteiger partial charge >= 0.3 is 0 Å². The van der Waals surface area contributed by atoms with Gasteiger partial charge in [-0.2, -0.15) is 0 Å². The molecule has 1 aromatic carbocycles. The van der Waals surface area contributed by atoms with Crippen LogP contribution in [0.2, 0.25) is 5.02 Å². The van der Waals surface area contributed by atoms with Gasteiger partial charge in [0, 0.05) is 24.4 Å². The summed E-state index contributed by atoms with van der Waals surface area (Å²) in [6.45, 7) is 0. The third-order valence-electron chi connectivity index (χ3n) is 4.30. The summed E-state index contributed by atoms with van der Waals surface area (Å²) >= 11 is 6.09. The van der Waals surface area contributed by atoms with Gasteiger partial charge in [0.25, 0.3) is 5.91 Å². The molecular formula is C18H21ClN4O3. The lowest BCUT2D eigenvalue weighted by molar-refractivity contribution is 0.102. The molecule has 2 N–H and O–H groups in total. The maximum Gasteiger partial charge on any atom is 0.274 e. The van der Waals surface area contributed by atoms with Crippen molar-refractivity contribution in [1.82, 2.24) is 9.97 Å². The second-order valence-electron chi connectivity index (χ2n) is 6.03. The van der Waals surface area contributed by atoms with E-state index in [0.717, 1.165) is 12.8 Å². The Balaban J connectivity index is 1.77. The van der Waals surface area contributed by atoms with Crippen molar-refractivity contribution in [3.05, 3.63) is 35.1 Å². The van der Waals surface area contributed by atoms with Gasteiger partial charge in [-0.3, -0.25) is 4.79 Å². The van der Waals surface area contributed by atoms with Crippen LogP contribution in [0.25, 0.3) is 0 Å². The predicted octanol–water partition coefficient (Wildman–Crippen LogP) is 3.75. The molecule has 0 bridgehead atoms. The fourth-order valence-electron chi connectivity index (χ4n) is 2.95. The van der Waals surface area contributed by atoms with E-state index in [1.54, 1.807) is 24.4 Å². The zero-order valence-electron chi connectivity index (χ0n) is 14.7. The molecule has 1 heterocycles. The van der Waals surface area contributed by atoms with Gasteiger partial charge in [-0.1, -0.05) is 24.4 Å². The van der Waals surface area contributed by atoms with Gasteiger partial charge in [-0.15, -0.1) is 0 Å². The van der Waals surface area contributed by atoms with Crippen LogP contribution < -0.4 is 20.1 Å². The van der Waals surface area contributed by atoms with Crippen LogP contribution in [0.5, 0.6) is 11.5 Å². The fourth-order valence-corrected chi connectivity index (χ4v) is 3.18. The minimum absolute atomic E-state index is 0.261. The minimum atomic E-state index is -0.371. The number of anilines is 2. The highest BCUT2D eigenvalue weighted by atomic mass is 35.5. The lowest BCUT2D eigenvalue weighted by Crippen LogP contribution is -2.19. The van der Waals surface area contributed by atoms with Crippen molar-refractivity contribution in [1.29, 1.82) is 0 Å². The third kappa shape index (κ3) is 4.16. The zero-order valence-corrected chi connectivity index (χ0v) is 15.5. The van der Waals surface area contributed by atoms with Crippen molar-refractivity contribution >= 4 is 29.1 Å². The van der Waals surface area contributed by atoms with Crippen LogP contribution in [0.15, 0.2) is 24.4 Å². The average molecular weight is 377 g/mol. The van der Waals surface area contributed by atoms with Crippen molar-refractivity contribution in [3.8, 4) is 11.5 Å². The second kappa shape index (κ2) is 8.23. The van der Waals surface area contributed by atoms with Gasteiger partial charge in [0.2, 0.25) is 5.95 Å². The molecule has 7 nitrogen and oxygen atoms in total. The number of benzene rings is 1. The summed E-state index contributed by atoms with van der Waals surface area (Å²) < 4.78 is 10.5. The number of rotatable bonds is 6. The summed E-state index contributed by atoms with van der Waals surface area (Å²) in [7, 11) is 3.01. The first-order valence-corrected chi connectivity index (χ1v) is 8.81.